The maximum absolute atomic E-state index is 5.48. The predicted molar refractivity (Wildman–Crippen MR) is 43.5 cm³/mol. The third-order valence-electron chi connectivity index (χ3n) is 0.769. The molecule has 0 radical (unpaired) electrons. The molecule has 0 aliphatic carbocycles. The molecule has 0 heterocycles. The summed E-state index contributed by atoms with van der Waals surface area (Å²) in [4.78, 5) is 3.90. The molecule has 54 valence electrons. The van der Waals surface area contributed by atoms with Crippen LogP contribution in [0.25, 0.3) is 0 Å². The number of nitrogens with zero attached hydrogens (tertiary/aromatic N) is 1. The highest BCUT2D eigenvalue weighted by Gasteiger charge is 2.15. The van der Waals surface area contributed by atoms with E-state index in [4.69, 9.17) is 4.43 Å². The predicted octanol–water partition coefficient (Wildman–Crippen LogP) is 1.89. The van der Waals surface area contributed by atoms with Gasteiger partial charge in [0.15, 0.2) is 5.90 Å². The zero-order valence-corrected chi connectivity index (χ0v) is 7.86. The van der Waals surface area contributed by atoms with Crippen LogP contribution < -0.4 is 0 Å². The Bertz CT molecular complexity index is 115. The van der Waals surface area contributed by atoms with Crippen molar-refractivity contribution in [2.24, 2.45) is 4.99 Å². The molecule has 0 spiro atoms. The maximum atomic E-state index is 5.48. The van der Waals surface area contributed by atoms with E-state index in [0.29, 0.717) is 0 Å². The lowest BCUT2D eigenvalue weighted by Gasteiger charge is -2.17. The van der Waals surface area contributed by atoms with Crippen molar-refractivity contribution in [3.05, 3.63) is 0 Å². The van der Waals surface area contributed by atoms with Crippen molar-refractivity contribution in [1.29, 1.82) is 0 Å². The van der Waals surface area contributed by atoms with E-state index in [1.807, 2.05) is 6.92 Å². The zero-order chi connectivity index (χ0) is 7.49. The Morgan fingerprint density at radius 2 is 1.78 bits per heavy atom. The number of hydrogen-bond donors (Lipinski definition) is 0. The van der Waals surface area contributed by atoms with E-state index in [1.165, 1.54) is 0 Å². The van der Waals surface area contributed by atoms with Gasteiger partial charge in [0.1, 0.15) is 0 Å². The topological polar surface area (TPSA) is 21.6 Å². The fourth-order valence-corrected chi connectivity index (χ4v) is 1.47. The van der Waals surface area contributed by atoms with Crippen LogP contribution in [0.15, 0.2) is 4.99 Å². The SMILES string of the molecule is C/N=C(\C)O[Si](C)(C)C. The lowest BCUT2D eigenvalue weighted by molar-refractivity contribution is 0.546. The van der Waals surface area contributed by atoms with Crippen LogP contribution in [0.1, 0.15) is 6.92 Å². The first-order chi connectivity index (χ1) is 3.95. The quantitative estimate of drug-likeness (QED) is 0.314. The Morgan fingerprint density at radius 1 is 1.33 bits per heavy atom. The van der Waals surface area contributed by atoms with E-state index >= 15 is 0 Å². The van der Waals surface area contributed by atoms with Gasteiger partial charge in [-0.15, -0.1) is 0 Å². The fraction of sp³-hybridized carbons (Fsp3) is 0.833. The monoisotopic (exact) mass is 145 g/mol. The second-order valence-corrected chi connectivity index (χ2v) is 7.39. The molecular formula is C6H15NOSi. The number of hydrogen-bond acceptors (Lipinski definition) is 2. The first-order valence-electron chi connectivity index (χ1n) is 3.08. The molecule has 0 atom stereocenters. The summed E-state index contributed by atoms with van der Waals surface area (Å²) in [6.07, 6.45) is 0. The summed E-state index contributed by atoms with van der Waals surface area (Å²) in [5, 5.41) is 0. The van der Waals surface area contributed by atoms with Crippen LogP contribution in [0.4, 0.5) is 0 Å². The van der Waals surface area contributed by atoms with E-state index in [0.717, 1.165) is 5.90 Å². The van der Waals surface area contributed by atoms with Gasteiger partial charge in [-0.2, -0.15) is 0 Å². The Balaban J connectivity index is 3.75. The first-order valence-corrected chi connectivity index (χ1v) is 6.49. The molecule has 0 saturated heterocycles. The first kappa shape index (κ1) is 8.69. The summed E-state index contributed by atoms with van der Waals surface area (Å²) in [5.74, 6) is 0.800. The number of rotatable bonds is 1. The normalized spacial score (nSPS) is 13.7. The van der Waals surface area contributed by atoms with Crippen molar-refractivity contribution >= 4 is 14.2 Å². The standard InChI is InChI=1S/C6H15NOSi/c1-6(7-2)8-9(3,4)5/h1-5H3/b7-6+. The van der Waals surface area contributed by atoms with Crippen molar-refractivity contribution in [3.8, 4) is 0 Å². The average Bonchev–Trinajstić information content (AvgIpc) is 1.62. The van der Waals surface area contributed by atoms with Gasteiger partial charge in [-0.25, -0.2) is 0 Å². The van der Waals surface area contributed by atoms with Crippen LogP contribution in [0.5, 0.6) is 0 Å². The lowest BCUT2D eigenvalue weighted by Crippen LogP contribution is -2.27. The summed E-state index contributed by atoms with van der Waals surface area (Å²) in [7, 11) is 0.373. The van der Waals surface area contributed by atoms with Crippen LogP contribution in [0.3, 0.4) is 0 Å². The molecule has 2 nitrogen and oxygen atoms in total. The van der Waals surface area contributed by atoms with Crippen molar-refractivity contribution in [2.45, 2.75) is 26.6 Å². The van der Waals surface area contributed by atoms with Gasteiger partial charge in [-0.1, -0.05) is 0 Å². The number of aliphatic imine (C=N–C) groups is 1. The van der Waals surface area contributed by atoms with Gasteiger partial charge >= 0.3 is 0 Å². The third-order valence-corrected chi connectivity index (χ3v) is 1.68. The molecule has 0 aromatic heterocycles. The molecule has 0 bridgehead atoms. The molecule has 0 aliphatic heterocycles. The smallest absolute Gasteiger partial charge is 0.243 e. The van der Waals surface area contributed by atoms with Crippen molar-refractivity contribution < 1.29 is 4.43 Å². The van der Waals surface area contributed by atoms with Gasteiger partial charge in [-0.05, 0) is 19.6 Å². The molecule has 0 N–H and O–H groups in total. The zero-order valence-electron chi connectivity index (χ0n) is 6.86. The summed E-state index contributed by atoms with van der Waals surface area (Å²) in [6, 6.07) is 0. The molecule has 0 saturated carbocycles. The molecule has 0 aliphatic rings. The van der Waals surface area contributed by atoms with E-state index in [-0.39, 0.29) is 0 Å². The van der Waals surface area contributed by atoms with Crippen LogP contribution in [0.2, 0.25) is 19.6 Å². The highest BCUT2D eigenvalue weighted by atomic mass is 28.4. The third kappa shape index (κ3) is 5.56. The summed E-state index contributed by atoms with van der Waals surface area (Å²) in [6.45, 7) is 8.31. The molecule has 0 unspecified atom stereocenters. The molecule has 3 heteroatoms. The Hall–Kier alpha value is -0.313. The van der Waals surface area contributed by atoms with Gasteiger partial charge in [0.2, 0.25) is 8.32 Å². The molecule has 0 amide bonds. The second-order valence-electron chi connectivity index (χ2n) is 2.96. The molecular weight excluding hydrogens is 130 g/mol. The average molecular weight is 145 g/mol. The highest BCUT2D eigenvalue weighted by Crippen LogP contribution is 2.02. The van der Waals surface area contributed by atoms with Gasteiger partial charge < -0.3 is 4.43 Å². The molecule has 9 heavy (non-hydrogen) atoms. The van der Waals surface area contributed by atoms with E-state index in [1.54, 1.807) is 7.05 Å². The summed E-state index contributed by atoms with van der Waals surface area (Å²) >= 11 is 0. The molecule has 0 aromatic carbocycles. The Kier molecular flexibility index (Phi) is 2.90. The Labute approximate surface area is 58.1 Å². The largest absolute Gasteiger partial charge is 0.535 e. The minimum Gasteiger partial charge on any atom is -0.535 e. The molecule has 0 rings (SSSR count). The van der Waals surface area contributed by atoms with E-state index < -0.39 is 8.32 Å². The molecule has 0 fully saturated rings. The minimum absolute atomic E-state index is 0.800. The van der Waals surface area contributed by atoms with E-state index in [2.05, 4.69) is 24.6 Å². The summed E-state index contributed by atoms with van der Waals surface area (Å²) < 4.78 is 5.48. The molecule has 0 aromatic rings. The fourth-order valence-electron chi connectivity index (χ4n) is 0.489. The second kappa shape index (κ2) is 3.01. The lowest BCUT2D eigenvalue weighted by atomic mass is 10.8. The van der Waals surface area contributed by atoms with Crippen LogP contribution in [-0.2, 0) is 4.43 Å². The maximum Gasteiger partial charge on any atom is 0.243 e. The van der Waals surface area contributed by atoms with Gasteiger partial charge in [0, 0.05) is 14.0 Å². The van der Waals surface area contributed by atoms with Crippen LogP contribution in [-0.4, -0.2) is 21.3 Å². The van der Waals surface area contributed by atoms with Gasteiger partial charge in [0.25, 0.3) is 0 Å². The van der Waals surface area contributed by atoms with E-state index in [9.17, 15) is 0 Å². The van der Waals surface area contributed by atoms with Crippen LogP contribution >= 0.6 is 0 Å². The highest BCUT2D eigenvalue weighted by molar-refractivity contribution is 6.71. The van der Waals surface area contributed by atoms with Crippen LogP contribution in [0, 0.1) is 0 Å². The van der Waals surface area contributed by atoms with Crippen molar-refractivity contribution in [1.82, 2.24) is 0 Å². The van der Waals surface area contributed by atoms with Gasteiger partial charge in [-0.3, -0.25) is 4.99 Å². The minimum atomic E-state index is -1.37. The van der Waals surface area contributed by atoms with Crippen molar-refractivity contribution in [3.63, 3.8) is 0 Å². The summed E-state index contributed by atoms with van der Waals surface area (Å²) in [5.41, 5.74) is 0. The van der Waals surface area contributed by atoms with Gasteiger partial charge in [0.05, 0.1) is 0 Å². The Morgan fingerprint density at radius 3 is 1.89 bits per heavy atom. The van der Waals surface area contributed by atoms with Crippen molar-refractivity contribution in [2.75, 3.05) is 7.05 Å².